The van der Waals surface area contributed by atoms with Crippen molar-refractivity contribution in [2.24, 2.45) is 5.73 Å². The van der Waals surface area contributed by atoms with E-state index >= 15 is 0 Å². The fourth-order valence-electron chi connectivity index (χ4n) is 1.45. The van der Waals surface area contributed by atoms with Gasteiger partial charge in [-0.1, -0.05) is 18.2 Å². The van der Waals surface area contributed by atoms with Gasteiger partial charge in [-0.15, -0.1) is 19.0 Å². The van der Waals surface area contributed by atoms with Crippen LogP contribution in [0.1, 0.15) is 18.0 Å². The van der Waals surface area contributed by atoms with Crippen molar-refractivity contribution in [2.75, 3.05) is 0 Å². The lowest BCUT2D eigenvalue weighted by Crippen LogP contribution is -2.29. The molecule has 4 heteroatoms. The molecule has 0 saturated heterocycles. The third-order valence-electron chi connectivity index (χ3n) is 2.15. The second-order valence-corrected chi connectivity index (χ2v) is 9.34. The zero-order valence-electron chi connectivity index (χ0n) is 10.8. The van der Waals surface area contributed by atoms with Crippen molar-refractivity contribution in [1.82, 2.24) is 0 Å². The van der Waals surface area contributed by atoms with Crippen molar-refractivity contribution in [3.63, 3.8) is 0 Å². The van der Waals surface area contributed by atoms with Gasteiger partial charge in [0, 0.05) is 6.04 Å². The van der Waals surface area contributed by atoms with Gasteiger partial charge in [0.1, 0.15) is 5.75 Å². The van der Waals surface area contributed by atoms with E-state index in [0.717, 1.165) is 17.7 Å². The predicted octanol–water partition coefficient (Wildman–Crippen LogP) is 3.90. The summed E-state index contributed by atoms with van der Waals surface area (Å²) in [4.78, 5) is 0. The van der Waals surface area contributed by atoms with E-state index in [0.29, 0.717) is 0 Å². The van der Waals surface area contributed by atoms with Gasteiger partial charge in [0.25, 0.3) is 0 Å². The number of rotatable bonds is 5. The molecule has 1 aromatic rings. The summed E-state index contributed by atoms with van der Waals surface area (Å²) in [6, 6.07) is 8.10. The van der Waals surface area contributed by atoms with Gasteiger partial charge < -0.3 is 10.2 Å². The Hall–Kier alpha value is -0.773. The highest BCUT2D eigenvalue weighted by Crippen LogP contribution is 2.20. The second kappa shape index (κ2) is 6.84. The number of nitrogens with two attached hydrogens (primary N) is 1. The monoisotopic (exact) mass is 271 g/mol. The van der Waals surface area contributed by atoms with Gasteiger partial charge in [0.05, 0.1) is 0 Å². The van der Waals surface area contributed by atoms with Crippen molar-refractivity contribution in [3.05, 3.63) is 42.5 Å². The van der Waals surface area contributed by atoms with Crippen LogP contribution in [0.5, 0.6) is 5.75 Å². The van der Waals surface area contributed by atoms with E-state index in [1.54, 1.807) is 0 Å². The van der Waals surface area contributed by atoms with Crippen LogP contribution in [0.4, 0.5) is 0 Å². The maximum absolute atomic E-state index is 5.98. The lowest BCUT2D eigenvalue weighted by Gasteiger charge is -2.19. The van der Waals surface area contributed by atoms with Crippen LogP contribution in [0.15, 0.2) is 36.9 Å². The molecular formula is C13H22ClNOSi. The molecule has 1 rings (SSSR count). The lowest BCUT2D eigenvalue weighted by molar-refractivity contribution is 0.557. The standard InChI is InChI=1S/C13H21NOSi.ClH/c1-5-6-13(14)11-7-9-12(10-8-11)15-16(2,3)4;/h5,7-10,13H,1,6,14H2,2-4H3;1H/t13-;/m1./s1. The first kappa shape index (κ1) is 16.2. The fraction of sp³-hybridized carbons (Fsp3) is 0.385. The van der Waals surface area contributed by atoms with E-state index in [1.807, 2.05) is 30.3 Å². The highest BCUT2D eigenvalue weighted by atomic mass is 35.5. The highest BCUT2D eigenvalue weighted by molar-refractivity contribution is 6.70. The summed E-state index contributed by atoms with van der Waals surface area (Å²) in [5.41, 5.74) is 7.11. The molecular weight excluding hydrogens is 250 g/mol. The van der Waals surface area contributed by atoms with Crippen LogP contribution in [-0.2, 0) is 0 Å². The largest absolute Gasteiger partial charge is 0.544 e. The van der Waals surface area contributed by atoms with E-state index in [1.165, 1.54) is 0 Å². The zero-order chi connectivity index (χ0) is 12.2. The average Bonchev–Trinajstić information content (AvgIpc) is 2.16. The summed E-state index contributed by atoms with van der Waals surface area (Å²) in [6.07, 6.45) is 2.64. The fourth-order valence-corrected chi connectivity index (χ4v) is 2.30. The Morgan fingerprint density at radius 1 is 1.29 bits per heavy atom. The van der Waals surface area contributed by atoms with Crippen molar-refractivity contribution in [2.45, 2.75) is 32.1 Å². The Morgan fingerprint density at radius 3 is 2.24 bits per heavy atom. The third kappa shape index (κ3) is 5.91. The summed E-state index contributed by atoms with van der Waals surface area (Å²) in [6.45, 7) is 10.2. The van der Waals surface area contributed by atoms with Crippen LogP contribution < -0.4 is 10.2 Å². The first-order valence-electron chi connectivity index (χ1n) is 5.58. The first-order chi connectivity index (χ1) is 7.42. The second-order valence-electron chi connectivity index (χ2n) is 4.91. The molecule has 0 bridgehead atoms. The van der Waals surface area contributed by atoms with Gasteiger partial charge in [-0.2, -0.15) is 0 Å². The third-order valence-corrected chi connectivity index (χ3v) is 3.00. The van der Waals surface area contributed by atoms with Crippen LogP contribution >= 0.6 is 12.4 Å². The Labute approximate surface area is 111 Å². The maximum Gasteiger partial charge on any atom is 0.242 e. The molecule has 0 heterocycles. The molecule has 17 heavy (non-hydrogen) atoms. The molecule has 0 radical (unpaired) electrons. The maximum atomic E-state index is 5.98. The van der Waals surface area contributed by atoms with Crippen LogP contribution in [0, 0.1) is 0 Å². The summed E-state index contributed by atoms with van der Waals surface area (Å²) < 4.78 is 5.87. The van der Waals surface area contributed by atoms with E-state index in [-0.39, 0.29) is 18.4 Å². The van der Waals surface area contributed by atoms with E-state index in [4.69, 9.17) is 10.2 Å². The van der Waals surface area contributed by atoms with Crippen LogP contribution in [-0.4, -0.2) is 8.32 Å². The smallest absolute Gasteiger partial charge is 0.242 e. The summed E-state index contributed by atoms with van der Waals surface area (Å²) in [5, 5.41) is 0. The summed E-state index contributed by atoms with van der Waals surface area (Å²) in [5.74, 6) is 0.939. The van der Waals surface area contributed by atoms with Crippen molar-refractivity contribution in [1.29, 1.82) is 0 Å². The molecule has 0 aromatic heterocycles. The minimum atomic E-state index is -1.51. The molecule has 0 fully saturated rings. The molecule has 0 spiro atoms. The topological polar surface area (TPSA) is 35.2 Å². The van der Waals surface area contributed by atoms with Gasteiger partial charge in [-0.05, 0) is 43.8 Å². The number of benzene rings is 1. The molecule has 2 N–H and O–H groups in total. The van der Waals surface area contributed by atoms with E-state index in [9.17, 15) is 0 Å². The SMILES string of the molecule is C=CC[C@@H](N)c1ccc(O[Si](C)(C)C)cc1.Cl. The van der Waals surface area contributed by atoms with Crippen LogP contribution in [0.3, 0.4) is 0 Å². The van der Waals surface area contributed by atoms with E-state index < -0.39 is 8.32 Å². The Morgan fingerprint density at radius 2 is 1.82 bits per heavy atom. The van der Waals surface area contributed by atoms with Gasteiger partial charge in [-0.3, -0.25) is 0 Å². The molecule has 0 unspecified atom stereocenters. The lowest BCUT2D eigenvalue weighted by atomic mass is 10.1. The van der Waals surface area contributed by atoms with Crippen molar-refractivity contribution < 1.29 is 4.43 Å². The minimum Gasteiger partial charge on any atom is -0.544 e. The van der Waals surface area contributed by atoms with Crippen molar-refractivity contribution in [3.8, 4) is 5.75 Å². The van der Waals surface area contributed by atoms with Gasteiger partial charge >= 0.3 is 0 Å². The quantitative estimate of drug-likeness (QED) is 0.651. The first-order valence-corrected chi connectivity index (χ1v) is 8.98. The van der Waals surface area contributed by atoms with Crippen molar-refractivity contribution >= 4 is 20.7 Å². The molecule has 2 nitrogen and oxygen atoms in total. The van der Waals surface area contributed by atoms with Gasteiger partial charge in [-0.25, -0.2) is 0 Å². The highest BCUT2D eigenvalue weighted by Gasteiger charge is 2.16. The molecule has 0 aliphatic heterocycles. The molecule has 0 saturated carbocycles. The molecule has 1 atom stereocenters. The number of halogens is 1. The molecule has 0 aliphatic rings. The van der Waals surface area contributed by atoms with Crippen LogP contribution in [0.25, 0.3) is 0 Å². The molecule has 0 aliphatic carbocycles. The summed E-state index contributed by atoms with van der Waals surface area (Å²) in [7, 11) is -1.51. The average molecular weight is 272 g/mol. The Balaban J connectivity index is 0.00000256. The minimum absolute atomic E-state index is 0. The number of hydrogen-bond acceptors (Lipinski definition) is 2. The van der Waals surface area contributed by atoms with Gasteiger partial charge in [0.15, 0.2) is 0 Å². The Kier molecular flexibility index (Phi) is 6.53. The molecule has 1 aromatic carbocycles. The Bertz CT molecular complexity index is 345. The summed E-state index contributed by atoms with van der Waals surface area (Å²) >= 11 is 0. The molecule has 96 valence electrons. The van der Waals surface area contributed by atoms with E-state index in [2.05, 4.69) is 26.2 Å². The number of hydrogen-bond donors (Lipinski definition) is 1. The zero-order valence-corrected chi connectivity index (χ0v) is 12.6. The normalized spacial score (nSPS) is 12.5. The van der Waals surface area contributed by atoms with Gasteiger partial charge in [0.2, 0.25) is 8.32 Å². The van der Waals surface area contributed by atoms with Crippen LogP contribution in [0.2, 0.25) is 19.6 Å². The molecule has 0 amide bonds. The predicted molar refractivity (Wildman–Crippen MR) is 79.4 cm³/mol.